The zero-order valence-corrected chi connectivity index (χ0v) is 30.8. The van der Waals surface area contributed by atoms with E-state index in [0.29, 0.717) is 21.5 Å². The fourth-order valence-corrected chi connectivity index (χ4v) is 10.2. The highest BCUT2D eigenvalue weighted by Gasteiger charge is 2.29. The van der Waals surface area contributed by atoms with Gasteiger partial charge in [-0.25, -0.2) is 34.4 Å². The number of rotatable bonds is 11. The molecule has 0 aliphatic heterocycles. The Balaban J connectivity index is 0.000000199. The molecule has 0 N–H and O–H groups in total. The third kappa shape index (κ3) is 8.43. The van der Waals surface area contributed by atoms with Gasteiger partial charge in [0.2, 0.25) is 20.0 Å². The van der Waals surface area contributed by atoms with Crippen LogP contribution in [0.15, 0.2) is 91.0 Å². The van der Waals surface area contributed by atoms with Crippen molar-refractivity contribution in [2.24, 2.45) is 0 Å². The molecule has 7 nitrogen and oxygen atoms in total. The third-order valence-electron chi connectivity index (χ3n) is 7.84. The highest BCUT2D eigenvalue weighted by atomic mass is 32.2. The number of Topliss-reactive ketones (excluding diaryl/α,β-unsaturated/α-hetero) is 1. The first-order valence-corrected chi connectivity index (χ1v) is 20.4. The lowest BCUT2D eigenvalue weighted by Gasteiger charge is -2.23. The minimum atomic E-state index is -3.76. The van der Waals surface area contributed by atoms with Crippen molar-refractivity contribution in [3.8, 4) is 0 Å². The lowest BCUT2D eigenvalue weighted by Crippen LogP contribution is -2.32. The van der Waals surface area contributed by atoms with E-state index in [1.54, 1.807) is 31.2 Å². The molecule has 2 aromatic heterocycles. The third-order valence-corrected chi connectivity index (χ3v) is 13.8. The molecule has 0 spiro atoms. The molecule has 0 unspecified atom stereocenters. The molecule has 0 saturated carbocycles. The van der Waals surface area contributed by atoms with Gasteiger partial charge in [-0.3, -0.25) is 13.4 Å². The molecule has 6 aromatic rings. The van der Waals surface area contributed by atoms with E-state index in [-0.39, 0.29) is 40.9 Å². The summed E-state index contributed by atoms with van der Waals surface area (Å²) in [5.41, 5.74) is 0.997. The molecule has 4 aromatic carbocycles. The molecule has 268 valence electrons. The molecule has 0 atom stereocenters. The smallest absolute Gasteiger partial charge is 0.235 e. The highest BCUT2D eigenvalue weighted by molar-refractivity contribution is 7.93. The Morgan fingerprint density at radius 2 is 1.14 bits per heavy atom. The minimum absolute atomic E-state index is 0.0415. The molecule has 0 aliphatic carbocycles. The van der Waals surface area contributed by atoms with Gasteiger partial charge in [-0.1, -0.05) is 48.5 Å². The highest BCUT2D eigenvalue weighted by Crippen LogP contribution is 2.40. The van der Waals surface area contributed by atoms with Crippen LogP contribution >= 0.6 is 22.7 Å². The maximum atomic E-state index is 13.6. The van der Waals surface area contributed by atoms with Gasteiger partial charge in [0.05, 0.1) is 30.2 Å². The number of fused-ring (bicyclic) bond motifs is 2. The monoisotopic (exact) mass is 776 g/mol. The number of benzene rings is 4. The summed E-state index contributed by atoms with van der Waals surface area (Å²) in [4.78, 5) is 12.3. The lowest BCUT2D eigenvalue weighted by molar-refractivity contribution is 0.102. The zero-order valence-electron chi connectivity index (χ0n) is 27.6. The Morgan fingerprint density at radius 1 is 0.627 bits per heavy atom. The number of carbonyl (C=O) groups is 1. The fourth-order valence-electron chi connectivity index (χ4n) is 5.17. The molecule has 15 heteroatoms. The molecular weight excluding hydrogens is 745 g/mol. The van der Waals surface area contributed by atoms with Crippen molar-refractivity contribution in [1.82, 2.24) is 0 Å². The first-order chi connectivity index (χ1) is 24.1. The number of halogens is 4. The molecule has 2 heterocycles. The topological polar surface area (TPSA) is 91.8 Å². The Morgan fingerprint density at radius 3 is 1.67 bits per heavy atom. The van der Waals surface area contributed by atoms with Crippen LogP contribution in [-0.2, 0) is 33.1 Å². The number of hydrogen-bond acceptors (Lipinski definition) is 7. The van der Waals surface area contributed by atoms with E-state index in [4.69, 9.17) is 0 Å². The summed E-state index contributed by atoms with van der Waals surface area (Å²) in [6.07, 6.45) is 0. The second-order valence-electron chi connectivity index (χ2n) is 11.3. The molecule has 6 rings (SSSR count). The maximum absolute atomic E-state index is 13.6. The van der Waals surface area contributed by atoms with Gasteiger partial charge in [-0.2, -0.15) is 0 Å². The van der Waals surface area contributed by atoms with Gasteiger partial charge >= 0.3 is 0 Å². The molecule has 0 fully saturated rings. The van der Waals surface area contributed by atoms with Crippen molar-refractivity contribution in [3.05, 3.63) is 131 Å². The van der Waals surface area contributed by atoms with E-state index >= 15 is 0 Å². The van der Waals surface area contributed by atoms with Gasteiger partial charge in [-0.05, 0) is 79.7 Å². The van der Waals surface area contributed by atoms with Gasteiger partial charge in [0, 0.05) is 14.8 Å². The molecule has 0 aliphatic rings. The molecular formula is C36H32F4N2O5S4. The Bertz CT molecular complexity index is 2410. The van der Waals surface area contributed by atoms with Crippen molar-refractivity contribution < 1.29 is 39.2 Å². The van der Waals surface area contributed by atoms with E-state index in [1.807, 2.05) is 30.3 Å². The fraction of sp³-hybridized carbons (Fsp3) is 0.194. The average molecular weight is 777 g/mol. The van der Waals surface area contributed by atoms with Crippen molar-refractivity contribution in [2.75, 3.05) is 20.1 Å². The van der Waals surface area contributed by atoms with E-state index in [2.05, 4.69) is 0 Å². The Kier molecular flexibility index (Phi) is 11.5. The van der Waals surface area contributed by atoms with Crippen LogP contribution in [-0.4, -0.2) is 34.1 Å². The summed E-state index contributed by atoms with van der Waals surface area (Å²) in [5, 5.41) is 2.46. The number of anilines is 2. The zero-order chi connectivity index (χ0) is 37.1. The second kappa shape index (κ2) is 15.5. The predicted molar refractivity (Wildman–Crippen MR) is 198 cm³/mol. The van der Waals surface area contributed by atoms with Crippen LogP contribution in [0, 0.1) is 23.3 Å². The number of ketones is 1. The molecule has 51 heavy (non-hydrogen) atoms. The van der Waals surface area contributed by atoms with Gasteiger partial charge in [0.1, 0.15) is 10.0 Å². The number of carbonyl (C=O) groups excluding carboxylic acids is 1. The predicted octanol–water partition coefficient (Wildman–Crippen LogP) is 9.27. The molecule has 0 saturated heterocycles. The first-order valence-electron chi connectivity index (χ1n) is 15.5. The lowest BCUT2D eigenvalue weighted by atomic mass is 10.1. The summed E-state index contributed by atoms with van der Waals surface area (Å²) in [6, 6.07) is 23.2. The number of nitrogens with zero attached hydrogens (tertiary/aromatic N) is 2. The van der Waals surface area contributed by atoms with Crippen LogP contribution in [0.5, 0.6) is 0 Å². The summed E-state index contributed by atoms with van der Waals surface area (Å²) in [6.45, 7) is 4.20. The molecule has 0 radical (unpaired) electrons. The summed E-state index contributed by atoms with van der Waals surface area (Å²) < 4.78 is 108. The largest absolute Gasteiger partial charge is 0.294 e. The number of thiophene rings is 2. The van der Waals surface area contributed by atoms with Crippen LogP contribution in [0.1, 0.15) is 42.3 Å². The number of sulfonamides is 2. The van der Waals surface area contributed by atoms with E-state index in [9.17, 15) is 39.2 Å². The average Bonchev–Trinajstić information content (AvgIpc) is 3.71. The summed E-state index contributed by atoms with van der Waals surface area (Å²) in [7, 11) is -7.32. The van der Waals surface area contributed by atoms with Gasteiger partial charge in [-0.15, -0.1) is 22.7 Å². The standard InChI is InChI=1S/C19H17F2NO3S2.C17H15F2NO2S2/c1-3-27(24,25)22(11-13-8-9-15(20)16(21)10-13)19-18(12(2)23)14-6-4-5-7-17(14)26-19;1-2-24(21,22)20(11-12-7-8-14(18)15(19)9-12)17-10-13-5-3-4-6-16(13)23-17/h4-10H,3,11H2,1-2H3;3-10H,2,11H2,1H3. The molecule has 0 amide bonds. The SMILES string of the molecule is CCS(=O)(=O)N(Cc1ccc(F)c(F)c1)c1cc2ccccc2s1.CCS(=O)(=O)N(Cc1ccc(F)c(F)c1)c1sc2ccccc2c1C(C)=O. The second-order valence-corrected chi connectivity index (χ2v) is 17.7. The van der Waals surface area contributed by atoms with Crippen LogP contribution in [0.3, 0.4) is 0 Å². The quantitative estimate of drug-likeness (QED) is 0.0967. The molecule has 0 bridgehead atoms. The summed E-state index contributed by atoms with van der Waals surface area (Å²) in [5.74, 6) is -4.53. The van der Waals surface area contributed by atoms with Crippen LogP contribution in [0.2, 0.25) is 0 Å². The van der Waals surface area contributed by atoms with Crippen molar-refractivity contribution in [3.63, 3.8) is 0 Å². The van der Waals surface area contributed by atoms with E-state index in [1.165, 1.54) is 53.0 Å². The van der Waals surface area contributed by atoms with Crippen LogP contribution in [0.25, 0.3) is 20.2 Å². The van der Waals surface area contributed by atoms with Crippen LogP contribution < -0.4 is 8.61 Å². The Hall–Kier alpha value is -4.31. The van der Waals surface area contributed by atoms with E-state index < -0.39 is 43.3 Å². The van der Waals surface area contributed by atoms with Crippen molar-refractivity contribution in [2.45, 2.75) is 33.9 Å². The normalized spacial score (nSPS) is 11.7. The van der Waals surface area contributed by atoms with Gasteiger partial charge in [0.25, 0.3) is 0 Å². The minimum Gasteiger partial charge on any atom is -0.294 e. The Labute approximate surface area is 301 Å². The maximum Gasteiger partial charge on any atom is 0.235 e. The van der Waals surface area contributed by atoms with Crippen molar-refractivity contribution in [1.29, 1.82) is 0 Å². The van der Waals surface area contributed by atoms with Gasteiger partial charge in [0.15, 0.2) is 29.1 Å². The van der Waals surface area contributed by atoms with E-state index in [0.717, 1.165) is 43.4 Å². The van der Waals surface area contributed by atoms with Gasteiger partial charge < -0.3 is 0 Å². The number of hydrogen-bond donors (Lipinski definition) is 0. The first kappa shape index (κ1) is 37.9. The van der Waals surface area contributed by atoms with Crippen molar-refractivity contribution >= 4 is 78.7 Å². The van der Waals surface area contributed by atoms with Crippen LogP contribution in [0.4, 0.5) is 27.6 Å². The summed E-state index contributed by atoms with van der Waals surface area (Å²) >= 11 is 2.54.